The maximum absolute atomic E-state index is 13.1. The molecule has 2 N–H and O–H groups in total. The van der Waals surface area contributed by atoms with E-state index < -0.39 is 0 Å². The monoisotopic (exact) mass is 199 g/mol. The molecular weight excluding hydrogens is 185 g/mol. The molecule has 72 valence electrons. The lowest BCUT2D eigenvalue weighted by Crippen LogP contribution is -1.93. The summed E-state index contributed by atoms with van der Waals surface area (Å²) in [5.74, 6) is 1.30. The van der Waals surface area contributed by atoms with Gasteiger partial charge in [0.15, 0.2) is 0 Å². The summed E-state index contributed by atoms with van der Waals surface area (Å²) in [5, 5.41) is 0. The molecule has 1 rings (SSSR count). The van der Waals surface area contributed by atoms with Gasteiger partial charge in [-0.05, 0) is 24.1 Å². The van der Waals surface area contributed by atoms with E-state index in [0.717, 1.165) is 5.75 Å². The van der Waals surface area contributed by atoms with E-state index in [1.807, 2.05) is 0 Å². The predicted octanol–water partition coefficient (Wildman–Crippen LogP) is 3.16. The van der Waals surface area contributed by atoms with Gasteiger partial charge in [0.1, 0.15) is 5.82 Å². The molecule has 0 radical (unpaired) electrons. The summed E-state index contributed by atoms with van der Waals surface area (Å²) < 4.78 is 13.1. The van der Waals surface area contributed by atoms with E-state index in [-0.39, 0.29) is 5.82 Å². The molecule has 3 heteroatoms. The van der Waals surface area contributed by atoms with Crippen LogP contribution in [0.4, 0.5) is 10.1 Å². The highest BCUT2D eigenvalue weighted by molar-refractivity contribution is 7.99. The lowest BCUT2D eigenvalue weighted by atomic mass is 10.3. The lowest BCUT2D eigenvalue weighted by Gasteiger charge is -2.06. The highest BCUT2D eigenvalue weighted by atomic mass is 32.2. The van der Waals surface area contributed by atoms with Gasteiger partial charge < -0.3 is 5.73 Å². The van der Waals surface area contributed by atoms with Crippen LogP contribution in [0.15, 0.2) is 23.1 Å². The van der Waals surface area contributed by atoms with E-state index >= 15 is 0 Å². The normalized spacial score (nSPS) is 10.8. The smallest absolute Gasteiger partial charge is 0.136 e. The Kier molecular flexibility index (Phi) is 3.60. The largest absolute Gasteiger partial charge is 0.399 e. The Bertz CT molecular complexity index is 286. The Morgan fingerprint density at radius 3 is 2.77 bits per heavy atom. The van der Waals surface area contributed by atoms with Crippen LogP contribution in [0.5, 0.6) is 0 Å². The summed E-state index contributed by atoms with van der Waals surface area (Å²) in [4.78, 5) is 0.647. The maximum atomic E-state index is 13.1. The van der Waals surface area contributed by atoms with Crippen molar-refractivity contribution in [2.75, 3.05) is 11.5 Å². The highest BCUT2D eigenvalue weighted by Gasteiger charge is 2.03. The summed E-state index contributed by atoms with van der Waals surface area (Å²) in [6, 6.07) is 4.68. The Labute approximate surface area is 82.5 Å². The predicted molar refractivity (Wildman–Crippen MR) is 56.4 cm³/mol. The molecular formula is C10H14FNS. The summed E-state index contributed by atoms with van der Waals surface area (Å²) in [6.07, 6.45) is 0. The summed E-state index contributed by atoms with van der Waals surface area (Å²) in [7, 11) is 0. The highest BCUT2D eigenvalue weighted by Crippen LogP contribution is 2.25. The molecule has 1 nitrogen and oxygen atoms in total. The average molecular weight is 199 g/mol. The van der Waals surface area contributed by atoms with Crippen LogP contribution >= 0.6 is 11.8 Å². The fourth-order valence-corrected chi connectivity index (χ4v) is 1.83. The van der Waals surface area contributed by atoms with Crippen LogP contribution in [-0.2, 0) is 0 Å². The number of rotatable bonds is 3. The minimum atomic E-state index is -0.181. The Morgan fingerprint density at radius 2 is 2.15 bits per heavy atom. The molecule has 0 saturated carbocycles. The Balaban J connectivity index is 2.70. The van der Waals surface area contributed by atoms with Crippen molar-refractivity contribution >= 4 is 17.4 Å². The maximum Gasteiger partial charge on any atom is 0.136 e. The van der Waals surface area contributed by atoms with Gasteiger partial charge in [-0.3, -0.25) is 0 Å². The van der Waals surface area contributed by atoms with Crippen molar-refractivity contribution in [3.63, 3.8) is 0 Å². The molecule has 0 atom stereocenters. The van der Waals surface area contributed by atoms with Crippen LogP contribution in [0, 0.1) is 11.7 Å². The third-order valence-corrected chi connectivity index (χ3v) is 2.98. The van der Waals surface area contributed by atoms with Gasteiger partial charge in [-0.25, -0.2) is 4.39 Å². The summed E-state index contributed by atoms with van der Waals surface area (Å²) in [6.45, 7) is 4.22. The van der Waals surface area contributed by atoms with Crippen LogP contribution in [0.3, 0.4) is 0 Å². The van der Waals surface area contributed by atoms with Crippen LogP contribution in [0.25, 0.3) is 0 Å². The molecule has 0 aliphatic heterocycles. The molecule has 1 aromatic rings. The van der Waals surface area contributed by atoms with Crippen molar-refractivity contribution in [3.8, 4) is 0 Å². The third-order valence-electron chi connectivity index (χ3n) is 1.53. The Morgan fingerprint density at radius 1 is 1.46 bits per heavy atom. The van der Waals surface area contributed by atoms with Crippen LogP contribution in [0.1, 0.15) is 13.8 Å². The molecule has 0 aliphatic rings. The minimum absolute atomic E-state index is 0.181. The van der Waals surface area contributed by atoms with Crippen molar-refractivity contribution in [1.29, 1.82) is 0 Å². The van der Waals surface area contributed by atoms with Crippen molar-refractivity contribution in [2.24, 2.45) is 5.92 Å². The van der Waals surface area contributed by atoms with Gasteiger partial charge in [0.2, 0.25) is 0 Å². The molecule has 0 aliphatic carbocycles. The number of nitrogens with two attached hydrogens (primary N) is 1. The topological polar surface area (TPSA) is 26.0 Å². The summed E-state index contributed by atoms with van der Waals surface area (Å²) in [5.41, 5.74) is 6.17. The molecule has 0 fully saturated rings. The van der Waals surface area contributed by atoms with Gasteiger partial charge in [-0.1, -0.05) is 13.8 Å². The first-order valence-electron chi connectivity index (χ1n) is 4.27. The molecule has 0 aromatic heterocycles. The molecule has 0 saturated heterocycles. The van der Waals surface area contributed by atoms with E-state index in [1.54, 1.807) is 12.1 Å². The Hall–Kier alpha value is -0.700. The fourth-order valence-electron chi connectivity index (χ4n) is 0.887. The van der Waals surface area contributed by atoms with E-state index in [4.69, 9.17) is 5.73 Å². The second kappa shape index (κ2) is 4.51. The van der Waals surface area contributed by atoms with E-state index in [9.17, 15) is 4.39 Å². The van der Waals surface area contributed by atoms with Gasteiger partial charge in [-0.2, -0.15) is 0 Å². The quantitative estimate of drug-likeness (QED) is 0.597. The van der Waals surface area contributed by atoms with Gasteiger partial charge in [0.25, 0.3) is 0 Å². The number of nitrogen functional groups attached to an aromatic ring is 1. The van der Waals surface area contributed by atoms with Crippen molar-refractivity contribution in [3.05, 3.63) is 24.0 Å². The van der Waals surface area contributed by atoms with Crippen LogP contribution in [-0.4, -0.2) is 5.75 Å². The van der Waals surface area contributed by atoms with Crippen LogP contribution < -0.4 is 5.73 Å². The number of anilines is 1. The van der Waals surface area contributed by atoms with Gasteiger partial charge >= 0.3 is 0 Å². The number of benzene rings is 1. The lowest BCUT2D eigenvalue weighted by molar-refractivity contribution is 0.602. The molecule has 13 heavy (non-hydrogen) atoms. The van der Waals surface area contributed by atoms with Gasteiger partial charge in [0.05, 0.1) is 0 Å². The van der Waals surface area contributed by atoms with Crippen molar-refractivity contribution in [1.82, 2.24) is 0 Å². The summed E-state index contributed by atoms with van der Waals surface area (Å²) >= 11 is 1.51. The number of hydrogen-bond donors (Lipinski definition) is 1. The standard InChI is InChI=1S/C10H14FNS/c1-7(2)6-13-10-5-8(12)3-4-9(10)11/h3-5,7H,6,12H2,1-2H3. The minimum Gasteiger partial charge on any atom is -0.399 e. The zero-order chi connectivity index (χ0) is 9.84. The SMILES string of the molecule is CC(C)CSc1cc(N)ccc1F. The van der Waals surface area contributed by atoms with E-state index in [2.05, 4.69) is 13.8 Å². The first-order chi connectivity index (χ1) is 6.09. The van der Waals surface area contributed by atoms with Crippen LogP contribution in [0.2, 0.25) is 0 Å². The first kappa shape index (κ1) is 10.4. The second-order valence-corrected chi connectivity index (χ2v) is 4.46. The molecule has 0 amide bonds. The first-order valence-corrected chi connectivity index (χ1v) is 5.26. The zero-order valence-electron chi connectivity index (χ0n) is 7.88. The zero-order valence-corrected chi connectivity index (χ0v) is 8.70. The van der Waals surface area contributed by atoms with Crippen molar-refractivity contribution in [2.45, 2.75) is 18.7 Å². The molecule has 1 aromatic carbocycles. The van der Waals surface area contributed by atoms with E-state index in [0.29, 0.717) is 16.5 Å². The second-order valence-electron chi connectivity index (χ2n) is 3.39. The molecule has 0 heterocycles. The van der Waals surface area contributed by atoms with Gasteiger partial charge in [-0.15, -0.1) is 11.8 Å². The number of halogens is 1. The number of thioether (sulfide) groups is 1. The molecule has 0 spiro atoms. The fraction of sp³-hybridized carbons (Fsp3) is 0.400. The number of hydrogen-bond acceptors (Lipinski definition) is 2. The molecule has 0 unspecified atom stereocenters. The van der Waals surface area contributed by atoms with Gasteiger partial charge in [0, 0.05) is 16.3 Å². The van der Waals surface area contributed by atoms with Crippen molar-refractivity contribution < 1.29 is 4.39 Å². The third kappa shape index (κ3) is 3.27. The average Bonchev–Trinajstić information content (AvgIpc) is 2.06. The molecule has 0 bridgehead atoms. The van der Waals surface area contributed by atoms with E-state index in [1.165, 1.54) is 17.8 Å².